The summed E-state index contributed by atoms with van der Waals surface area (Å²) in [6, 6.07) is 4.19. The quantitative estimate of drug-likeness (QED) is 0.711. The van der Waals surface area contributed by atoms with Crippen molar-refractivity contribution >= 4 is 17.7 Å². The van der Waals surface area contributed by atoms with E-state index < -0.39 is 0 Å². The van der Waals surface area contributed by atoms with E-state index in [1.807, 2.05) is 11.8 Å². The second kappa shape index (κ2) is 7.77. The van der Waals surface area contributed by atoms with Gasteiger partial charge in [0.1, 0.15) is 5.37 Å². The van der Waals surface area contributed by atoms with E-state index >= 15 is 0 Å². The number of carbonyl (C=O) groups is 1. The van der Waals surface area contributed by atoms with Crippen LogP contribution in [0.25, 0.3) is 0 Å². The fraction of sp³-hybridized carbons (Fsp3) is 0.688. The van der Waals surface area contributed by atoms with Gasteiger partial charge in [-0.2, -0.15) is 0 Å². The van der Waals surface area contributed by atoms with Gasteiger partial charge in [0.25, 0.3) is 0 Å². The maximum absolute atomic E-state index is 12.4. The predicted molar refractivity (Wildman–Crippen MR) is 85.7 cm³/mol. The first-order chi connectivity index (χ1) is 9.74. The Hall–Kier alpha value is -0.900. The van der Waals surface area contributed by atoms with Gasteiger partial charge in [0.2, 0.25) is 5.91 Å². The Morgan fingerprint density at radius 3 is 2.85 bits per heavy atom. The van der Waals surface area contributed by atoms with Gasteiger partial charge in [-0.25, -0.2) is 0 Å². The SMILES string of the molecule is CCCCCCCC(=O)N1CCSC1c1cccn1C. The third-order valence-corrected chi connectivity index (χ3v) is 5.17. The molecule has 3 nitrogen and oxygen atoms in total. The molecule has 1 aromatic rings. The highest BCUT2D eigenvalue weighted by atomic mass is 32.2. The van der Waals surface area contributed by atoms with Crippen LogP contribution in [-0.4, -0.2) is 27.7 Å². The summed E-state index contributed by atoms with van der Waals surface area (Å²) in [6.45, 7) is 3.12. The molecule has 0 N–H and O–H groups in total. The largest absolute Gasteiger partial charge is 0.352 e. The van der Waals surface area contributed by atoms with Crippen LogP contribution in [0.5, 0.6) is 0 Å². The van der Waals surface area contributed by atoms with Gasteiger partial charge in [-0.3, -0.25) is 4.79 Å². The van der Waals surface area contributed by atoms with Crippen molar-refractivity contribution in [3.8, 4) is 0 Å². The van der Waals surface area contributed by atoms with Gasteiger partial charge in [-0.15, -0.1) is 11.8 Å². The van der Waals surface area contributed by atoms with Gasteiger partial charge in [-0.05, 0) is 18.6 Å². The van der Waals surface area contributed by atoms with Crippen LogP contribution in [0, 0.1) is 0 Å². The lowest BCUT2D eigenvalue weighted by Crippen LogP contribution is -2.30. The van der Waals surface area contributed by atoms with Crippen LogP contribution in [0.3, 0.4) is 0 Å². The Kier molecular flexibility index (Phi) is 6.02. The first-order valence-electron chi connectivity index (χ1n) is 7.76. The number of rotatable bonds is 7. The van der Waals surface area contributed by atoms with Crippen LogP contribution in [0.1, 0.15) is 56.5 Å². The van der Waals surface area contributed by atoms with Gasteiger partial charge in [0.15, 0.2) is 0 Å². The van der Waals surface area contributed by atoms with Gasteiger partial charge in [0, 0.05) is 32.0 Å². The second-order valence-electron chi connectivity index (χ2n) is 5.52. The summed E-state index contributed by atoms with van der Waals surface area (Å²) in [6.07, 6.45) is 8.81. The van der Waals surface area contributed by atoms with Crippen molar-refractivity contribution in [2.24, 2.45) is 7.05 Å². The normalized spacial score (nSPS) is 18.7. The summed E-state index contributed by atoms with van der Waals surface area (Å²) in [5.41, 5.74) is 1.24. The van der Waals surface area contributed by atoms with Crippen LogP contribution in [0.2, 0.25) is 0 Å². The first-order valence-corrected chi connectivity index (χ1v) is 8.81. The van der Waals surface area contributed by atoms with E-state index in [1.165, 1.54) is 31.4 Å². The van der Waals surface area contributed by atoms with Crippen LogP contribution < -0.4 is 0 Å². The molecule has 0 aliphatic carbocycles. The van der Waals surface area contributed by atoms with E-state index in [2.05, 4.69) is 41.8 Å². The minimum atomic E-state index is 0.221. The molecule has 0 radical (unpaired) electrons. The molecule has 2 rings (SSSR count). The minimum Gasteiger partial charge on any atom is -0.352 e. The van der Waals surface area contributed by atoms with E-state index in [4.69, 9.17) is 0 Å². The number of unbranched alkanes of at least 4 members (excludes halogenated alkanes) is 4. The molecular formula is C16H26N2OS. The van der Waals surface area contributed by atoms with Crippen molar-refractivity contribution in [2.75, 3.05) is 12.3 Å². The van der Waals surface area contributed by atoms with Gasteiger partial charge in [0.05, 0.1) is 5.69 Å². The molecule has 1 saturated heterocycles. The van der Waals surface area contributed by atoms with Crippen molar-refractivity contribution in [1.29, 1.82) is 0 Å². The highest BCUT2D eigenvalue weighted by Gasteiger charge is 2.31. The van der Waals surface area contributed by atoms with E-state index in [0.29, 0.717) is 12.3 Å². The van der Waals surface area contributed by atoms with Crippen LogP contribution in [-0.2, 0) is 11.8 Å². The molecule has 0 bridgehead atoms. The summed E-state index contributed by atoms with van der Waals surface area (Å²) in [5, 5.41) is 0.221. The molecule has 1 aromatic heterocycles. The maximum atomic E-state index is 12.4. The number of aromatic nitrogens is 1. The number of hydrogen-bond donors (Lipinski definition) is 0. The molecule has 0 aromatic carbocycles. The molecule has 2 heterocycles. The number of nitrogens with zero attached hydrogens (tertiary/aromatic N) is 2. The molecule has 4 heteroatoms. The molecule has 1 aliphatic heterocycles. The number of thioether (sulfide) groups is 1. The Morgan fingerprint density at radius 1 is 1.35 bits per heavy atom. The third kappa shape index (κ3) is 3.81. The summed E-state index contributed by atoms with van der Waals surface area (Å²) in [7, 11) is 2.06. The average molecular weight is 294 g/mol. The Balaban J connectivity index is 1.84. The summed E-state index contributed by atoms with van der Waals surface area (Å²) in [4.78, 5) is 14.5. The maximum Gasteiger partial charge on any atom is 0.223 e. The molecule has 0 spiro atoms. The van der Waals surface area contributed by atoms with E-state index in [0.717, 1.165) is 18.7 Å². The van der Waals surface area contributed by atoms with Crippen LogP contribution in [0.4, 0.5) is 0 Å². The Bertz CT molecular complexity index is 430. The highest BCUT2D eigenvalue weighted by molar-refractivity contribution is 7.99. The predicted octanol–water partition coefficient (Wildman–Crippen LogP) is 3.96. The van der Waals surface area contributed by atoms with Crippen molar-refractivity contribution in [3.63, 3.8) is 0 Å². The lowest BCUT2D eigenvalue weighted by Gasteiger charge is -2.24. The summed E-state index contributed by atoms with van der Waals surface area (Å²) in [5.74, 6) is 1.38. The van der Waals surface area contributed by atoms with E-state index in [1.54, 1.807) is 0 Å². The monoisotopic (exact) mass is 294 g/mol. The molecule has 1 aliphatic rings. The minimum absolute atomic E-state index is 0.221. The Labute approximate surface area is 126 Å². The van der Waals surface area contributed by atoms with Gasteiger partial charge >= 0.3 is 0 Å². The highest BCUT2D eigenvalue weighted by Crippen LogP contribution is 2.38. The first kappa shape index (κ1) is 15.5. The second-order valence-corrected chi connectivity index (χ2v) is 6.71. The molecule has 1 fully saturated rings. The number of carbonyl (C=O) groups excluding carboxylic acids is 1. The van der Waals surface area contributed by atoms with Gasteiger partial charge < -0.3 is 9.47 Å². The average Bonchev–Trinajstić information content (AvgIpc) is 3.06. The molecule has 1 atom stereocenters. The van der Waals surface area contributed by atoms with Crippen LogP contribution >= 0.6 is 11.8 Å². The lowest BCUT2D eigenvalue weighted by molar-refractivity contribution is -0.131. The van der Waals surface area contributed by atoms with Crippen molar-refractivity contribution in [2.45, 2.75) is 50.8 Å². The van der Waals surface area contributed by atoms with Crippen molar-refractivity contribution in [1.82, 2.24) is 9.47 Å². The smallest absolute Gasteiger partial charge is 0.223 e. The molecule has 0 saturated carbocycles. The van der Waals surface area contributed by atoms with E-state index in [9.17, 15) is 4.79 Å². The third-order valence-electron chi connectivity index (χ3n) is 3.94. The van der Waals surface area contributed by atoms with Gasteiger partial charge in [-0.1, -0.05) is 32.6 Å². The van der Waals surface area contributed by atoms with Crippen LogP contribution in [0.15, 0.2) is 18.3 Å². The summed E-state index contributed by atoms with van der Waals surface area (Å²) >= 11 is 1.88. The van der Waals surface area contributed by atoms with Crippen molar-refractivity contribution in [3.05, 3.63) is 24.0 Å². The number of aryl methyl sites for hydroxylation is 1. The zero-order valence-corrected chi connectivity index (χ0v) is 13.5. The zero-order chi connectivity index (χ0) is 14.4. The molecule has 1 unspecified atom stereocenters. The number of amides is 1. The molecule has 1 amide bonds. The lowest BCUT2D eigenvalue weighted by atomic mass is 10.1. The fourth-order valence-electron chi connectivity index (χ4n) is 2.72. The molecular weight excluding hydrogens is 268 g/mol. The topological polar surface area (TPSA) is 25.2 Å². The van der Waals surface area contributed by atoms with Crippen molar-refractivity contribution < 1.29 is 4.79 Å². The number of hydrogen-bond acceptors (Lipinski definition) is 2. The molecule has 112 valence electrons. The summed E-state index contributed by atoms with van der Waals surface area (Å²) < 4.78 is 2.13. The fourth-order valence-corrected chi connectivity index (χ4v) is 4.07. The Morgan fingerprint density at radius 2 is 2.15 bits per heavy atom. The standard InChI is InChI=1S/C16H26N2OS/c1-3-4-5-6-7-10-15(19)18-12-13-20-16(18)14-9-8-11-17(14)2/h8-9,11,16H,3-7,10,12-13H2,1-2H3. The van der Waals surface area contributed by atoms with E-state index in [-0.39, 0.29) is 5.37 Å². The molecule has 20 heavy (non-hydrogen) atoms. The zero-order valence-electron chi connectivity index (χ0n) is 12.7.